The Kier molecular flexibility index (Phi) is 5.94. The third-order valence-corrected chi connectivity index (χ3v) is 7.22. The number of nitrogens with one attached hydrogen (secondary N) is 1. The van der Waals surface area contributed by atoms with Crippen LogP contribution in [0, 0.1) is 0 Å². The van der Waals surface area contributed by atoms with Gasteiger partial charge in [-0.25, -0.2) is 8.42 Å². The molecule has 156 valence electrons. The summed E-state index contributed by atoms with van der Waals surface area (Å²) >= 11 is 6.22. The highest BCUT2D eigenvalue weighted by Crippen LogP contribution is 2.30. The maximum absolute atomic E-state index is 12.6. The molecule has 1 saturated heterocycles. The summed E-state index contributed by atoms with van der Waals surface area (Å²) in [6.07, 6.45) is 1.72. The van der Waals surface area contributed by atoms with Gasteiger partial charge in [-0.2, -0.15) is 4.31 Å². The molecule has 0 aliphatic carbocycles. The van der Waals surface area contributed by atoms with Crippen molar-refractivity contribution in [2.45, 2.75) is 17.7 Å². The van der Waals surface area contributed by atoms with Gasteiger partial charge in [-0.3, -0.25) is 4.79 Å². The van der Waals surface area contributed by atoms with E-state index in [-0.39, 0.29) is 28.2 Å². The number of hydrogen-bond donors (Lipinski definition) is 1. The molecule has 3 aromatic carbocycles. The number of nitrogens with zero attached hydrogens (tertiary/aromatic N) is 1. The zero-order chi connectivity index (χ0) is 21.1. The van der Waals surface area contributed by atoms with Crippen LogP contribution in [-0.2, 0) is 14.8 Å². The summed E-state index contributed by atoms with van der Waals surface area (Å²) in [5.41, 5.74) is 0.694. The maximum atomic E-state index is 12.6. The van der Waals surface area contributed by atoms with E-state index < -0.39 is 10.0 Å². The van der Waals surface area contributed by atoms with Gasteiger partial charge >= 0.3 is 0 Å². The molecule has 0 radical (unpaired) electrons. The molecule has 8 heteroatoms. The number of hydrogen-bond acceptors (Lipinski definition) is 4. The number of amides is 1. The number of halogens is 1. The van der Waals surface area contributed by atoms with Gasteiger partial charge in [-0.15, -0.1) is 0 Å². The van der Waals surface area contributed by atoms with Gasteiger partial charge < -0.3 is 10.1 Å². The van der Waals surface area contributed by atoms with Crippen LogP contribution in [0.2, 0.25) is 5.02 Å². The Morgan fingerprint density at radius 2 is 1.77 bits per heavy atom. The van der Waals surface area contributed by atoms with Crippen LogP contribution in [-0.4, -0.2) is 38.3 Å². The Hall–Kier alpha value is -2.61. The van der Waals surface area contributed by atoms with E-state index >= 15 is 0 Å². The average Bonchev–Trinajstić information content (AvgIpc) is 3.29. The van der Waals surface area contributed by atoms with E-state index in [0.29, 0.717) is 18.8 Å². The predicted octanol–water partition coefficient (Wildman–Crippen LogP) is 4.30. The highest BCUT2D eigenvalue weighted by atomic mass is 35.5. The molecule has 0 aromatic heterocycles. The van der Waals surface area contributed by atoms with Crippen molar-refractivity contribution in [2.75, 3.05) is 25.0 Å². The van der Waals surface area contributed by atoms with Crippen LogP contribution in [0.25, 0.3) is 10.8 Å². The lowest BCUT2D eigenvalue weighted by atomic mass is 10.1. The fourth-order valence-corrected chi connectivity index (χ4v) is 5.34. The van der Waals surface area contributed by atoms with Gasteiger partial charge in [0.1, 0.15) is 5.75 Å². The van der Waals surface area contributed by atoms with Gasteiger partial charge in [-0.05, 0) is 42.5 Å². The van der Waals surface area contributed by atoms with E-state index in [1.165, 1.54) is 22.5 Å². The number of carbonyl (C=O) groups is 1. The minimum absolute atomic E-state index is 0.127. The molecule has 1 heterocycles. The van der Waals surface area contributed by atoms with Gasteiger partial charge in [0.2, 0.25) is 10.0 Å². The van der Waals surface area contributed by atoms with Gasteiger partial charge in [-0.1, -0.05) is 48.0 Å². The van der Waals surface area contributed by atoms with Crippen LogP contribution >= 0.6 is 11.6 Å². The van der Waals surface area contributed by atoms with E-state index in [1.54, 1.807) is 0 Å². The molecule has 1 aliphatic heterocycles. The summed E-state index contributed by atoms with van der Waals surface area (Å²) in [5.74, 6) is -0.0821. The highest BCUT2D eigenvalue weighted by molar-refractivity contribution is 7.89. The molecule has 0 bridgehead atoms. The number of ether oxygens (including phenoxy) is 1. The quantitative estimate of drug-likeness (QED) is 0.615. The van der Waals surface area contributed by atoms with Crippen LogP contribution in [0.4, 0.5) is 5.69 Å². The molecular formula is C22H21ClN2O4S. The predicted molar refractivity (Wildman–Crippen MR) is 118 cm³/mol. The number of anilines is 1. The second-order valence-corrected chi connectivity index (χ2v) is 9.41. The van der Waals surface area contributed by atoms with Crippen molar-refractivity contribution in [1.82, 2.24) is 4.31 Å². The van der Waals surface area contributed by atoms with E-state index in [2.05, 4.69) is 5.32 Å². The monoisotopic (exact) mass is 444 g/mol. The highest BCUT2D eigenvalue weighted by Gasteiger charge is 2.27. The molecule has 30 heavy (non-hydrogen) atoms. The molecule has 1 fully saturated rings. The molecule has 4 rings (SSSR count). The zero-order valence-electron chi connectivity index (χ0n) is 16.2. The molecule has 1 amide bonds. The van der Waals surface area contributed by atoms with Crippen molar-refractivity contribution >= 4 is 44.0 Å². The second-order valence-electron chi connectivity index (χ2n) is 7.07. The van der Waals surface area contributed by atoms with E-state index in [1.807, 2.05) is 42.5 Å². The van der Waals surface area contributed by atoms with Crippen molar-refractivity contribution in [3.8, 4) is 5.75 Å². The molecule has 6 nitrogen and oxygen atoms in total. The molecule has 1 N–H and O–H groups in total. The SMILES string of the molecule is O=C(COc1ccc(S(=O)(=O)N2CCCC2)cc1Cl)Nc1cccc2ccccc12. The number of rotatable bonds is 6. The normalized spacial score (nSPS) is 14.7. The smallest absolute Gasteiger partial charge is 0.262 e. The minimum Gasteiger partial charge on any atom is -0.482 e. The number of sulfonamides is 1. The lowest BCUT2D eigenvalue weighted by molar-refractivity contribution is -0.118. The second kappa shape index (κ2) is 8.63. The fourth-order valence-electron chi connectivity index (χ4n) is 3.50. The van der Waals surface area contributed by atoms with Crippen molar-refractivity contribution in [3.63, 3.8) is 0 Å². The van der Waals surface area contributed by atoms with E-state index in [9.17, 15) is 13.2 Å². The largest absolute Gasteiger partial charge is 0.482 e. The van der Waals surface area contributed by atoms with Crippen LogP contribution in [0.3, 0.4) is 0 Å². The fraction of sp³-hybridized carbons (Fsp3) is 0.227. The standard InChI is InChI=1S/C22H21ClN2O4S/c23-19-14-17(30(27,28)25-12-3-4-13-25)10-11-21(19)29-15-22(26)24-20-9-5-7-16-6-1-2-8-18(16)20/h1-2,5-11,14H,3-4,12-13,15H2,(H,24,26). The first-order valence-corrected chi connectivity index (χ1v) is 11.5. The maximum Gasteiger partial charge on any atom is 0.262 e. The Bertz CT molecular complexity index is 1190. The van der Waals surface area contributed by atoms with Crippen LogP contribution in [0.15, 0.2) is 65.6 Å². The lowest BCUT2D eigenvalue weighted by Gasteiger charge is -2.16. The summed E-state index contributed by atoms with van der Waals surface area (Å²) in [5, 5.41) is 4.94. The van der Waals surface area contributed by atoms with Crippen molar-refractivity contribution in [2.24, 2.45) is 0 Å². The van der Waals surface area contributed by atoms with Crippen LogP contribution < -0.4 is 10.1 Å². The Balaban J connectivity index is 1.43. The minimum atomic E-state index is -3.56. The van der Waals surface area contributed by atoms with Crippen LogP contribution in [0.1, 0.15) is 12.8 Å². The third-order valence-electron chi connectivity index (χ3n) is 5.03. The number of carbonyl (C=O) groups excluding carboxylic acids is 1. The molecular weight excluding hydrogens is 424 g/mol. The van der Waals surface area contributed by atoms with Crippen molar-refractivity contribution < 1.29 is 17.9 Å². The molecule has 0 unspecified atom stereocenters. The molecule has 1 aliphatic rings. The number of fused-ring (bicyclic) bond motifs is 1. The third kappa shape index (κ3) is 4.28. The summed E-state index contributed by atoms with van der Waals surface area (Å²) < 4.78 is 32.3. The summed E-state index contributed by atoms with van der Waals surface area (Å²) in [6.45, 7) is 0.792. The topological polar surface area (TPSA) is 75.7 Å². The Morgan fingerprint density at radius 3 is 2.53 bits per heavy atom. The van der Waals surface area contributed by atoms with Gasteiger partial charge in [0.15, 0.2) is 6.61 Å². The Labute approximate surface area is 180 Å². The first-order valence-electron chi connectivity index (χ1n) is 9.65. The van der Waals surface area contributed by atoms with E-state index in [4.69, 9.17) is 16.3 Å². The first-order chi connectivity index (χ1) is 14.4. The number of benzene rings is 3. The van der Waals surface area contributed by atoms with Crippen molar-refractivity contribution in [3.05, 3.63) is 65.7 Å². The average molecular weight is 445 g/mol. The van der Waals surface area contributed by atoms with Gasteiger partial charge in [0, 0.05) is 24.2 Å². The van der Waals surface area contributed by atoms with Gasteiger partial charge in [0.25, 0.3) is 5.91 Å². The molecule has 3 aromatic rings. The zero-order valence-corrected chi connectivity index (χ0v) is 17.7. The molecule has 0 spiro atoms. The van der Waals surface area contributed by atoms with E-state index in [0.717, 1.165) is 23.6 Å². The summed E-state index contributed by atoms with van der Waals surface area (Å²) in [4.78, 5) is 12.5. The van der Waals surface area contributed by atoms with Gasteiger partial charge in [0.05, 0.1) is 9.92 Å². The van der Waals surface area contributed by atoms with Crippen LogP contribution in [0.5, 0.6) is 5.75 Å². The Morgan fingerprint density at radius 1 is 1.03 bits per heavy atom. The van der Waals surface area contributed by atoms with Crippen molar-refractivity contribution in [1.29, 1.82) is 0 Å². The lowest BCUT2D eigenvalue weighted by Crippen LogP contribution is -2.27. The molecule has 0 saturated carbocycles. The summed E-state index contributed by atoms with van der Waals surface area (Å²) in [6, 6.07) is 17.7. The summed E-state index contributed by atoms with van der Waals surface area (Å²) in [7, 11) is -3.56. The first kappa shape index (κ1) is 20.7. The molecule has 0 atom stereocenters.